The maximum Gasteiger partial charge on any atom is 0.416 e. The molecule has 0 bridgehead atoms. The van der Waals surface area contributed by atoms with E-state index in [2.05, 4.69) is 14.9 Å². The van der Waals surface area contributed by atoms with Gasteiger partial charge in [-0.2, -0.15) is 13.2 Å². The van der Waals surface area contributed by atoms with E-state index in [9.17, 15) is 18.0 Å². The minimum absolute atomic E-state index is 0.00111. The van der Waals surface area contributed by atoms with Gasteiger partial charge in [0.15, 0.2) is 5.78 Å². The van der Waals surface area contributed by atoms with Crippen molar-refractivity contribution in [3.8, 4) is 5.75 Å². The van der Waals surface area contributed by atoms with E-state index < -0.39 is 11.7 Å². The van der Waals surface area contributed by atoms with E-state index in [0.29, 0.717) is 31.0 Å². The van der Waals surface area contributed by atoms with Crippen LogP contribution in [0, 0.1) is 0 Å². The fraction of sp³-hybridized carbons (Fsp3) is 0.414. The SMILES string of the molecule is O=C(CCCCCCc1ccncc1)c1ccc(OC2CCN(c3ccc(C(F)(F)F)cc3)CC2)cn1. The van der Waals surface area contributed by atoms with Crippen molar-refractivity contribution in [2.45, 2.75) is 63.6 Å². The number of aryl methyl sites for hydroxylation is 1. The van der Waals surface area contributed by atoms with Gasteiger partial charge in [-0.05, 0) is 73.4 Å². The van der Waals surface area contributed by atoms with Crippen LogP contribution in [0.5, 0.6) is 5.75 Å². The van der Waals surface area contributed by atoms with E-state index in [4.69, 9.17) is 4.74 Å². The molecule has 196 valence electrons. The van der Waals surface area contributed by atoms with Crippen molar-refractivity contribution in [1.29, 1.82) is 0 Å². The summed E-state index contributed by atoms with van der Waals surface area (Å²) in [6, 6.07) is 12.9. The molecule has 5 nitrogen and oxygen atoms in total. The summed E-state index contributed by atoms with van der Waals surface area (Å²) < 4.78 is 44.4. The number of benzene rings is 1. The second-order valence-corrected chi connectivity index (χ2v) is 9.42. The van der Waals surface area contributed by atoms with Gasteiger partial charge in [0.2, 0.25) is 0 Å². The minimum atomic E-state index is -4.32. The van der Waals surface area contributed by atoms with Crippen molar-refractivity contribution in [1.82, 2.24) is 9.97 Å². The summed E-state index contributed by atoms with van der Waals surface area (Å²) in [5.74, 6) is 0.672. The lowest BCUT2D eigenvalue weighted by atomic mass is 10.0. The molecule has 0 aliphatic carbocycles. The average molecular weight is 512 g/mol. The van der Waals surface area contributed by atoms with Gasteiger partial charge in [0.1, 0.15) is 17.5 Å². The molecule has 0 saturated carbocycles. The van der Waals surface area contributed by atoms with Crippen LogP contribution in [0.25, 0.3) is 0 Å². The fourth-order valence-corrected chi connectivity index (χ4v) is 4.55. The molecule has 37 heavy (non-hydrogen) atoms. The number of ether oxygens (including phenoxy) is 1. The predicted molar refractivity (Wildman–Crippen MR) is 137 cm³/mol. The van der Waals surface area contributed by atoms with Gasteiger partial charge >= 0.3 is 6.18 Å². The maximum atomic E-state index is 12.8. The van der Waals surface area contributed by atoms with Gasteiger partial charge < -0.3 is 9.64 Å². The zero-order chi connectivity index (χ0) is 26.1. The lowest BCUT2D eigenvalue weighted by Crippen LogP contribution is -2.38. The van der Waals surface area contributed by atoms with Gasteiger partial charge in [-0.3, -0.25) is 9.78 Å². The van der Waals surface area contributed by atoms with Crippen molar-refractivity contribution in [3.05, 3.63) is 83.9 Å². The van der Waals surface area contributed by atoms with Crippen LogP contribution in [0.15, 0.2) is 67.1 Å². The van der Waals surface area contributed by atoms with Gasteiger partial charge in [0.25, 0.3) is 0 Å². The van der Waals surface area contributed by atoms with Gasteiger partial charge in [-0.15, -0.1) is 0 Å². The number of pyridine rings is 2. The number of aromatic nitrogens is 2. The Kier molecular flexibility index (Phi) is 9.14. The summed E-state index contributed by atoms with van der Waals surface area (Å²) >= 11 is 0. The highest BCUT2D eigenvalue weighted by atomic mass is 19.4. The zero-order valence-electron chi connectivity index (χ0n) is 20.8. The number of carbonyl (C=O) groups excluding carboxylic acids is 1. The second kappa shape index (κ2) is 12.7. The molecule has 1 aromatic carbocycles. The van der Waals surface area contributed by atoms with E-state index in [1.807, 2.05) is 24.5 Å². The summed E-state index contributed by atoms with van der Waals surface area (Å²) in [6.45, 7) is 1.39. The molecule has 3 aromatic rings. The molecule has 2 aromatic heterocycles. The number of hydrogen-bond acceptors (Lipinski definition) is 5. The van der Waals surface area contributed by atoms with Crippen molar-refractivity contribution < 1.29 is 22.7 Å². The first-order chi connectivity index (χ1) is 17.9. The molecule has 0 unspecified atom stereocenters. The molecule has 1 aliphatic rings. The normalized spacial score (nSPS) is 14.5. The summed E-state index contributed by atoms with van der Waals surface area (Å²) in [7, 11) is 0. The van der Waals surface area contributed by atoms with Crippen LogP contribution in [-0.4, -0.2) is 34.9 Å². The number of anilines is 1. The van der Waals surface area contributed by atoms with Gasteiger partial charge in [0, 0.05) is 50.4 Å². The Balaban J connectivity index is 1.14. The lowest BCUT2D eigenvalue weighted by molar-refractivity contribution is -0.137. The fourth-order valence-electron chi connectivity index (χ4n) is 4.55. The average Bonchev–Trinajstić information content (AvgIpc) is 2.91. The monoisotopic (exact) mass is 511 g/mol. The number of carbonyl (C=O) groups is 1. The smallest absolute Gasteiger partial charge is 0.416 e. The van der Waals surface area contributed by atoms with E-state index >= 15 is 0 Å². The highest BCUT2D eigenvalue weighted by Crippen LogP contribution is 2.31. The number of alkyl halides is 3. The number of piperidine rings is 1. The molecule has 0 N–H and O–H groups in total. The van der Waals surface area contributed by atoms with Crippen LogP contribution < -0.4 is 9.64 Å². The first kappa shape index (κ1) is 26.6. The Morgan fingerprint density at radius 3 is 2.27 bits per heavy atom. The predicted octanol–water partition coefficient (Wildman–Crippen LogP) is 6.92. The molecular formula is C29H32F3N3O2. The molecular weight excluding hydrogens is 479 g/mol. The molecule has 0 spiro atoms. The molecule has 0 radical (unpaired) electrons. The lowest BCUT2D eigenvalue weighted by Gasteiger charge is -2.33. The topological polar surface area (TPSA) is 55.3 Å². The number of hydrogen-bond donors (Lipinski definition) is 0. The van der Waals surface area contributed by atoms with Crippen molar-refractivity contribution >= 4 is 11.5 Å². The summed E-state index contributed by atoms with van der Waals surface area (Å²) in [5.41, 5.74) is 1.90. The molecule has 1 aliphatic heterocycles. The van der Waals surface area contributed by atoms with Gasteiger partial charge in [-0.25, -0.2) is 4.98 Å². The highest BCUT2D eigenvalue weighted by Gasteiger charge is 2.30. The Morgan fingerprint density at radius 2 is 1.62 bits per heavy atom. The Morgan fingerprint density at radius 1 is 0.919 bits per heavy atom. The van der Waals surface area contributed by atoms with Crippen molar-refractivity contribution in [2.75, 3.05) is 18.0 Å². The quantitative estimate of drug-likeness (QED) is 0.207. The molecule has 1 saturated heterocycles. The number of Topliss-reactive ketones (excluding diaryl/α,β-unsaturated/α-hetero) is 1. The first-order valence-electron chi connectivity index (χ1n) is 12.9. The maximum absolute atomic E-state index is 12.8. The first-order valence-corrected chi connectivity index (χ1v) is 12.9. The standard InChI is InChI=1S/C29H32F3N3O2/c30-29(31,32)23-7-9-24(10-8-23)35-19-15-25(16-20-35)37-26-11-12-27(34-21-26)28(36)6-4-2-1-3-5-22-13-17-33-18-14-22/h7-14,17-18,21,25H,1-6,15-16,19-20H2. The van der Waals surface area contributed by atoms with Crippen molar-refractivity contribution in [3.63, 3.8) is 0 Å². The molecule has 8 heteroatoms. The van der Waals surface area contributed by atoms with E-state index in [0.717, 1.165) is 62.8 Å². The molecule has 0 amide bonds. The Bertz CT molecular complexity index is 1110. The van der Waals surface area contributed by atoms with Crippen LogP contribution in [-0.2, 0) is 12.6 Å². The van der Waals surface area contributed by atoms with Crippen LogP contribution in [0.2, 0.25) is 0 Å². The Hall–Kier alpha value is -3.42. The Labute approximate surface area is 215 Å². The van der Waals surface area contributed by atoms with Gasteiger partial charge in [0.05, 0.1) is 11.8 Å². The van der Waals surface area contributed by atoms with Crippen LogP contribution in [0.4, 0.5) is 18.9 Å². The molecule has 1 fully saturated rings. The summed E-state index contributed by atoms with van der Waals surface area (Å²) in [5, 5.41) is 0. The number of rotatable bonds is 11. The van der Waals surface area contributed by atoms with Crippen LogP contribution >= 0.6 is 0 Å². The van der Waals surface area contributed by atoms with Crippen molar-refractivity contribution in [2.24, 2.45) is 0 Å². The third-order valence-electron chi connectivity index (χ3n) is 6.70. The number of unbranched alkanes of at least 4 members (excludes halogenated alkanes) is 3. The summed E-state index contributed by atoms with van der Waals surface area (Å²) in [4.78, 5) is 22.9. The molecule has 0 atom stereocenters. The third kappa shape index (κ3) is 8.03. The highest BCUT2D eigenvalue weighted by molar-refractivity contribution is 5.94. The zero-order valence-corrected chi connectivity index (χ0v) is 20.8. The van der Waals surface area contributed by atoms with E-state index in [-0.39, 0.29) is 11.9 Å². The van der Waals surface area contributed by atoms with Crippen LogP contribution in [0.3, 0.4) is 0 Å². The number of ketones is 1. The second-order valence-electron chi connectivity index (χ2n) is 9.42. The number of halogens is 3. The van der Waals surface area contributed by atoms with Gasteiger partial charge in [-0.1, -0.05) is 12.8 Å². The summed E-state index contributed by atoms with van der Waals surface area (Å²) in [6.07, 6.45) is 8.00. The third-order valence-corrected chi connectivity index (χ3v) is 6.70. The molecule has 4 rings (SSSR count). The van der Waals surface area contributed by atoms with E-state index in [1.165, 1.54) is 17.7 Å². The van der Waals surface area contributed by atoms with Crippen LogP contribution in [0.1, 0.15) is 66.6 Å². The van der Waals surface area contributed by atoms with E-state index in [1.54, 1.807) is 18.3 Å². The largest absolute Gasteiger partial charge is 0.489 e. The molecule has 3 heterocycles. The number of nitrogens with zero attached hydrogens (tertiary/aromatic N) is 3. The minimum Gasteiger partial charge on any atom is -0.489 e.